The summed E-state index contributed by atoms with van der Waals surface area (Å²) >= 11 is 6.17. The van der Waals surface area contributed by atoms with Crippen molar-refractivity contribution >= 4 is 28.8 Å². The Hall–Kier alpha value is -3.45. The Labute approximate surface area is 189 Å². The molecular formula is C24H21ClFN5O. The molecule has 6 nitrogen and oxygen atoms in total. The number of piperazine rings is 1. The van der Waals surface area contributed by atoms with Crippen molar-refractivity contribution in [1.29, 1.82) is 0 Å². The van der Waals surface area contributed by atoms with Crippen LogP contribution >= 0.6 is 11.6 Å². The van der Waals surface area contributed by atoms with Gasteiger partial charge in [-0.1, -0.05) is 17.7 Å². The molecule has 2 aromatic carbocycles. The molecule has 1 aliphatic rings. The minimum absolute atomic E-state index is 0.0266. The van der Waals surface area contributed by atoms with Crippen molar-refractivity contribution in [3.05, 3.63) is 82.8 Å². The van der Waals surface area contributed by atoms with Gasteiger partial charge in [0.15, 0.2) is 11.5 Å². The Kier molecular flexibility index (Phi) is 5.27. The van der Waals surface area contributed by atoms with E-state index in [9.17, 15) is 9.18 Å². The number of carbonyl (C=O) groups is 1. The molecule has 8 heteroatoms. The molecule has 1 fully saturated rings. The fraction of sp³-hybridized carbons (Fsp3) is 0.208. The number of aromatic nitrogens is 3. The van der Waals surface area contributed by atoms with E-state index in [2.05, 4.69) is 22.0 Å². The molecule has 0 unspecified atom stereocenters. The molecule has 0 atom stereocenters. The van der Waals surface area contributed by atoms with Crippen LogP contribution in [0, 0.1) is 12.7 Å². The number of hydrogen-bond acceptors (Lipinski definition) is 4. The summed E-state index contributed by atoms with van der Waals surface area (Å²) in [6.07, 6.45) is 1.78. The van der Waals surface area contributed by atoms with E-state index >= 15 is 0 Å². The predicted octanol–water partition coefficient (Wildman–Crippen LogP) is 4.46. The van der Waals surface area contributed by atoms with Gasteiger partial charge in [-0.05, 0) is 61.0 Å². The van der Waals surface area contributed by atoms with Crippen LogP contribution in [0.1, 0.15) is 15.9 Å². The van der Waals surface area contributed by atoms with Gasteiger partial charge < -0.3 is 9.80 Å². The molecule has 5 rings (SSSR count). The number of pyridine rings is 1. The van der Waals surface area contributed by atoms with E-state index in [-0.39, 0.29) is 11.7 Å². The van der Waals surface area contributed by atoms with Crippen molar-refractivity contribution in [3.8, 4) is 11.4 Å². The van der Waals surface area contributed by atoms with Crippen LogP contribution in [-0.4, -0.2) is 51.6 Å². The van der Waals surface area contributed by atoms with Crippen LogP contribution in [-0.2, 0) is 0 Å². The molecule has 4 aromatic rings. The number of halogens is 2. The highest BCUT2D eigenvalue weighted by Gasteiger charge is 2.24. The van der Waals surface area contributed by atoms with E-state index in [0.29, 0.717) is 35.1 Å². The summed E-state index contributed by atoms with van der Waals surface area (Å²) in [6.45, 7) is 4.81. The summed E-state index contributed by atoms with van der Waals surface area (Å²) in [6, 6.07) is 15.5. The number of amides is 1. The Bertz CT molecular complexity index is 1300. The average molecular weight is 450 g/mol. The van der Waals surface area contributed by atoms with E-state index in [4.69, 9.17) is 11.6 Å². The number of benzene rings is 2. The largest absolute Gasteiger partial charge is 0.368 e. The van der Waals surface area contributed by atoms with Gasteiger partial charge in [-0.3, -0.25) is 9.20 Å². The molecule has 1 amide bonds. The molecular weight excluding hydrogens is 429 g/mol. The topological polar surface area (TPSA) is 53.7 Å². The van der Waals surface area contributed by atoms with Crippen molar-refractivity contribution in [3.63, 3.8) is 0 Å². The lowest BCUT2D eigenvalue weighted by Crippen LogP contribution is -2.49. The molecule has 32 heavy (non-hydrogen) atoms. The molecule has 0 N–H and O–H groups in total. The number of aryl methyl sites for hydroxylation is 1. The molecule has 1 aliphatic heterocycles. The molecule has 0 bridgehead atoms. The normalized spacial score (nSPS) is 14.2. The van der Waals surface area contributed by atoms with Gasteiger partial charge in [0.25, 0.3) is 5.91 Å². The second-order valence-corrected chi connectivity index (χ2v) is 8.32. The Morgan fingerprint density at radius 1 is 0.969 bits per heavy atom. The number of rotatable bonds is 3. The Morgan fingerprint density at radius 2 is 1.72 bits per heavy atom. The van der Waals surface area contributed by atoms with Gasteiger partial charge in [-0.2, -0.15) is 0 Å². The number of anilines is 1. The van der Waals surface area contributed by atoms with Crippen molar-refractivity contribution in [2.24, 2.45) is 0 Å². The van der Waals surface area contributed by atoms with Gasteiger partial charge in [0.05, 0.1) is 0 Å². The maximum atomic E-state index is 13.2. The first-order valence-electron chi connectivity index (χ1n) is 10.4. The van der Waals surface area contributed by atoms with Crippen molar-refractivity contribution in [2.45, 2.75) is 6.92 Å². The SMILES string of the molecule is Cc1ccc(Cl)cc1N1CCN(C(=O)c2ccn3c(-c4ccc(F)cc4)nnc3c2)CC1. The number of nitrogens with zero attached hydrogens (tertiary/aromatic N) is 5. The fourth-order valence-electron chi connectivity index (χ4n) is 4.08. The Balaban J connectivity index is 1.32. The molecule has 2 aromatic heterocycles. The highest BCUT2D eigenvalue weighted by Crippen LogP contribution is 2.26. The first-order valence-corrected chi connectivity index (χ1v) is 10.8. The quantitative estimate of drug-likeness (QED) is 0.463. The van der Waals surface area contributed by atoms with Crippen LogP contribution in [0.5, 0.6) is 0 Å². The lowest BCUT2D eigenvalue weighted by Gasteiger charge is -2.37. The van der Waals surface area contributed by atoms with Crippen LogP contribution in [0.2, 0.25) is 5.02 Å². The zero-order valence-electron chi connectivity index (χ0n) is 17.5. The third-order valence-electron chi connectivity index (χ3n) is 5.84. The second kappa shape index (κ2) is 8.24. The third-order valence-corrected chi connectivity index (χ3v) is 6.07. The van der Waals surface area contributed by atoms with Crippen LogP contribution in [0.4, 0.5) is 10.1 Å². The van der Waals surface area contributed by atoms with Gasteiger partial charge in [0.1, 0.15) is 5.82 Å². The lowest BCUT2D eigenvalue weighted by atomic mass is 10.1. The van der Waals surface area contributed by atoms with Crippen molar-refractivity contribution in [2.75, 3.05) is 31.1 Å². The second-order valence-electron chi connectivity index (χ2n) is 7.88. The standard InChI is InChI=1S/C24H21ClFN5O/c1-16-2-5-19(25)15-21(16)29-10-12-30(13-11-29)24(32)18-8-9-31-22(14-18)27-28-23(31)17-3-6-20(26)7-4-17/h2-9,14-15H,10-13H2,1H3. The predicted molar refractivity (Wildman–Crippen MR) is 123 cm³/mol. The van der Waals surface area contributed by atoms with Crippen LogP contribution in [0.15, 0.2) is 60.8 Å². The van der Waals surface area contributed by atoms with E-state index in [1.54, 1.807) is 34.9 Å². The minimum atomic E-state index is -0.305. The highest BCUT2D eigenvalue weighted by molar-refractivity contribution is 6.30. The summed E-state index contributed by atoms with van der Waals surface area (Å²) < 4.78 is 15.0. The summed E-state index contributed by atoms with van der Waals surface area (Å²) in [7, 11) is 0. The summed E-state index contributed by atoms with van der Waals surface area (Å²) in [5, 5.41) is 9.13. The molecule has 162 valence electrons. The van der Waals surface area contributed by atoms with Gasteiger partial charge in [0.2, 0.25) is 0 Å². The average Bonchev–Trinajstić information content (AvgIpc) is 3.24. The third kappa shape index (κ3) is 3.80. The molecule has 1 saturated heterocycles. The maximum absolute atomic E-state index is 13.2. The van der Waals surface area contributed by atoms with E-state index in [1.807, 2.05) is 23.1 Å². The molecule has 0 spiro atoms. The maximum Gasteiger partial charge on any atom is 0.254 e. The van der Waals surface area contributed by atoms with Crippen LogP contribution in [0.3, 0.4) is 0 Å². The zero-order valence-corrected chi connectivity index (χ0v) is 18.3. The minimum Gasteiger partial charge on any atom is -0.368 e. The molecule has 0 aliphatic carbocycles. The number of hydrogen-bond donors (Lipinski definition) is 0. The van der Waals surface area contributed by atoms with Crippen LogP contribution < -0.4 is 4.90 Å². The van der Waals surface area contributed by atoms with Gasteiger partial charge in [-0.15, -0.1) is 10.2 Å². The van der Waals surface area contributed by atoms with Gasteiger partial charge >= 0.3 is 0 Å². The Morgan fingerprint density at radius 3 is 2.47 bits per heavy atom. The lowest BCUT2D eigenvalue weighted by molar-refractivity contribution is 0.0746. The van der Waals surface area contributed by atoms with Gasteiger partial charge in [-0.25, -0.2) is 4.39 Å². The zero-order chi connectivity index (χ0) is 22.2. The van der Waals surface area contributed by atoms with Crippen LogP contribution in [0.25, 0.3) is 17.0 Å². The molecule has 3 heterocycles. The van der Waals surface area contributed by atoms with Crippen molar-refractivity contribution in [1.82, 2.24) is 19.5 Å². The summed E-state index contributed by atoms with van der Waals surface area (Å²) in [5.41, 5.74) is 4.18. The number of fused-ring (bicyclic) bond motifs is 1. The van der Waals surface area contributed by atoms with E-state index in [0.717, 1.165) is 24.3 Å². The van der Waals surface area contributed by atoms with E-state index in [1.165, 1.54) is 17.7 Å². The smallest absolute Gasteiger partial charge is 0.254 e. The fourth-order valence-corrected chi connectivity index (χ4v) is 4.24. The first kappa shape index (κ1) is 20.5. The number of carbonyl (C=O) groups excluding carboxylic acids is 1. The molecule has 0 saturated carbocycles. The highest BCUT2D eigenvalue weighted by atomic mass is 35.5. The van der Waals surface area contributed by atoms with Gasteiger partial charge in [0, 0.05) is 54.2 Å². The van der Waals surface area contributed by atoms with E-state index < -0.39 is 0 Å². The first-order chi connectivity index (χ1) is 15.5. The monoisotopic (exact) mass is 449 g/mol. The summed E-state index contributed by atoms with van der Waals surface area (Å²) in [4.78, 5) is 17.2. The summed E-state index contributed by atoms with van der Waals surface area (Å²) in [5.74, 6) is 0.270. The van der Waals surface area contributed by atoms with Crippen molar-refractivity contribution < 1.29 is 9.18 Å². The molecule has 0 radical (unpaired) electrons.